The van der Waals surface area contributed by atoms with Gasteiger partial charge in [-0.2, -0.15) is 9.65 Å². The van der Waals surface area contributed by atoms with Crippen molar-refractivity contribution < 1.29 is 18.3 Å². The maximum atomic E-state index is 14.0. The van der Waals surface area contributed by atoms with Crippen molar-refractivity contribution in [2.75, 3.05) is 31.6 Å². The predicted molar refractivity (Wildman–Crippen MR) is 129 cm³/mol. The molecule has 10 heteroatoms. The number of likely N-dealkylation sites (tertiary alicyclic amines) is 1. The second kappa shape index (κ2) is 9.72. The largest absolute Gasteiger partial charge is 0.481 e. The lowest BCUT2D eigenvalue weighted by atomic mass is 9.66. The first-order chi connectivity index (χ1) is 17.4. The number of carbonyl (C=O) groups excluding carboxylic acids is 1. The van der Waals surface area contributed by atoms with Crippen LogP contribution in [0.3, 0.4) is 0 Å². The summed E-state index contributed by atoms with van der Waals surface area (Å²) in [4.78, 5) is 28.6. The molecule has 188 valence electrons. The van der Waals surface area contributed by atoms with E-state index in [0.717, 1.165) is 61.4 Å². The standard InChI is InChI=1S/C26H28F2N6O2/c1-33(25-19-6-11-30-24(19)31-16-32-25)18-4-7-26(8-5-18)9-12-34(13-10-26)21(35)15-36-20-3-2-17(14-29)22(27)23(20)28/h2-3,6,11,16,18H,4-5,7-10,12-13,15H2,1H3,(H,30,31,32). The fourth-order valence-corrected chi connectivity index (χ4v) is 5.61. The molecule has 36 heavy (non-hydrogen) atoms. The van der Waals surface area contributed by atoms with Crippen LogP contribution in [0.25, 0.3) is 11.0 Å². The molecule has 1 aliphatic carbocycles. The first kappa shape index (κ1) is 24.0. The zero-order valence-corrected chi connectivity index (χ0v) is 20.1. The first-order valence-corrected chi connectivity index (χ1v) is 12.2. The van der Waals surface area contributed by atoms with Crippen LogP contribution in [0.2, 0.25) is 0 Å². The Labute approximate surface area is 207 Å². The van der Waals surface area contributed by atoms with Gasteiger partial charge >= 0.3 is 0 Å². The van der Waals surface area contributed by atoms with Crippen LogP contribution in [0.5, 0.6) is 5.75 Å². The Hall–Kier alpha value is -3.74. The van der Waals surface area contributed by atoms with Crippen molar-refractivity contribution in [2.24, 2.45) is 5.41 Å². The van der Waals surface area contributed by atoms with E-state index in [2.05, 4.69) is 26.9 Å². The molecule has 1 amide bonds. The Morgan fingerprint density at radius 1 is 1.19 bits per heavy atom. The predicted octanol–water partition coefficient (Wildman–Crippen LogP) is 4.17. The molecule has 2 aromatic heterocycles. The summed E-state index contributed by atoms with van der Waals surface area (Å²) in [5.41, 5.74) is 0.669. The minimum atomic E-state index is -1.26. The zero-order chi connectivity index (χ0) is 25.3. The van der Waals surface area contributed by atoms with Gasteiger partial charge in [-0.3, -0.25) is 4.79 Å². The van der Waals surface area contributed by atoms with Crippen LogP contribution >= 0.6 is 0 Å². The van der Waals surface area contributed by atoms with Gasteiger partial charge in [0, 0.05) is 32.4 Å². The molecule has 0 atom stereocenters. The number of carbonyl (C=O) groups is 1. The molecular weight excluding hydrogens is 466 g/mol. The molecule has 1 N–H and O–H groups in total. The molecule has 2 aliphatic rings. The van der Waals surface area contributed by atoms with Gasteiger partial charge in [-0.05, 0) is 62.1 Å². The van der Waals surface area contributed by atoms with Crippen LogP contribution in [0.4, 0.5) is 14.6 Å². The zero-order valence-electron chi connectivity index (χ0n) is 20.1. The van der Waals surface area contributed by atoms with Crippen LogP contribution < -0.4 is 9.64 Å². The van der Waals surface area contributed by atoms with Gasteiger partial charge in [0.2, 0.25) is 5.82 Å². The quantitative estimate of drug-likeness (QED) is 0.572. The van der Waals surface area contributed by atoms with E-state index in [9.17, 15) is 13.6 Å². The lowest BCUT2D eigenvalue weighted by Gasteiger charge is -2.47. The molecule has 3 aromatic rings. The van der Waals surface area contributed by atoms with Crippen molar-refractivity contribution in [2.45, 2.75) is 44.6 Å². The van der Waals surface area contributed by atoms with E-state index in [0.29, 0.717) is 19.1 Å². The third kappa shape index (κ3) is 4.45. The van der Waals surface area contributed by atoms with Gasteiger partial charge in [0.1, 0.15) is 23.9 Å². The highest BCUT2D eigenvalue weighted by molar-refractivity contribution is 5.87. The number of aromatic nitrogens is 3. The number of benzene rings is 1. The molecule has 5 rings (SSSR count). The van der Waals surface area contributed by atoms with Gasteiger partial charge in [0.15, 0.2) is 18.2 Å². The third-order valence-electron chi connectivity index (χ3n) is 7.93. The Morgan fingerprint density at radius 3 is 2.67 bits per heavy atom. The number of rotatable bonds is 5. The van der Waals surface area contributed by atoms with Crippen molar-refractivity contribution in [3.8, 4) is 11.8 Å². The normalized spacial score (nSPS) is 17.8. The number of nitrogens with one attached hydrogen (secondary N) is 1. The molecule has 0 radical (unpaired) electrons. The number of anilines is 1. The number of hydrogen-bond acceptors (Lipinski definition) is 6. The van der Waals surface area contributed by atoms with Crippen LogP contribution in [-0.2, 0) is 4.79 Å². The van der Waals surface area contributed by atoms with Crippen molar-refractivity contribution in [1.29, 1.82) is 5.26 Å². The smallest absolute Gasteiger partial charge is 0.260 e. The summed E-state index contributed by atoms with van der Waals surface area (Å²) in [7, 11) is 2.10. The Balaban J connectivity index is 1.13. The average Bonchev–Trinajstić information content (AvgIpc) is 3.39. The number of hydrogen-bond donors (Lipinski definition) is 1. The Kier molecular flexibility index (Phi) is 6.48. The monoisotopic (exact) mass is 494 g/mol. The first-order valence-electron chi connectivity index (χ1n) is 12.2. The van der Waals surface area contributed by atoms with Gasteiger partial charge in [-0.1, -0.05) is 0 Å². The number of nitrogens with zero attached hydrogens (tertiary/aromatic N) is 5. The molecule has 2 fully saturated rings. The molecular formula is C26H28F2N6O2. The Bertz CT molecular complexity index is 1300. The van der Waals surface area contributed by atoms with E-state index < -0.39 is 17.2 Å². The number of nitriles is 1. The van der Waals surface area contributed by atoms with Crippen molar-refractivity contribution in [3.63, 3.8) is 0 Å². The van der Waals surface area contributed by atoms with E-state index in [4.69, 9.17) is 10.00 Å². The van der Waals surface area contributed by atoms with Crippen LogP contribution in [0.1, 0.15) is 44.1 Å². The summed E-state index contributed by atoms with van der Waals surface area (Å²) in [5, 5.41) is 9.81. The lowest BCUT2D eigenvalue weighted by molar-refractivity contribution is -0.136. The van der Waals surface area contributed by atoms with E-state index >= 15 is 0 Å². The van der Waals surface area contributed by atoms with Gasteiger partial charge in [0.05, 0.1) is 10.9 Å². The van der Waals surface area contributed by atoms with Crippen LogP contribution in [-0.4, -0.2) is 58.5 Å². The summed E-state index contributed by atoms with van der Waals surface area (Å²) < 4.78 is 33.1. The summed E-state index contributed by atoms with van der Waals surface area (Å²) in [6, 6.07) is 6.30. The molecule has 1 aliphatic heterocycles. The molecule has 1 saturated carbocycles. The third-order valence-corrected chi connectivity index (χ3v) is 7.93. The van der Waals surface area contributed by atoms with E-state index in [1.807, 2.05) is 12.3 Å². The highest BCUT2D eigenvalue weighted by Crippen LogP contribution is 2.46. The lowest BCUT2D eigenvalue weighted by Crippen LogP contribution is -2.47. The molecule has 8 nitrogen and oxygen atoms in total. The number of H-pyrrole nitrogens is 1. The van der Waals surface area contributed by atoms with Crippen LogP contribution in [0.15, 0.2) is 30.7 Å². The van der Waals surface area contributed by atoms with Crippen LogP contribution in [0, 0.1) is 28.4 Å². The maximum Gasteiger partial charge on any atom is 0.260 e. The highest BCUT2D eigenvalue weighted by Gasteiger charge is 2.40. The van der Waals surface area contributed by atoms with Crippen molar-refractivity contribution >= 4 is 22.8 Å². The topological polar surface area (TPSA) is 98.1 Å². The number of fused-ring (bicyclic) bond motifs is 1. The molecule has 0 bridgehead atoms. The summed E-state index contributed by atoms with van der Waals surface area (Å²) in [6.07, 6.45) is 9.63. The molecule has 0 unspecified atom stereocenters. The van der Waals surface area contributed by atoms with Crippen molar-refractivity contribution in [1.82, 2.24) is 19.9 Å². The fraction of sp³-hybridized carbons (Fsp3) is 0.462. The van der Waals surface area contributed by atoms with E-state index in [1.165, 1.54) is 6.07 Å². The number of piperidine rings is 1. The van der Waals surface area contributed by atoms with Crippen molar-refractivity contribution in [3.05, 3.63) is 47.9 Å². The van der Waals surface area contributed by atoms with Gasteiger partial charge in [-0.25, -0.2) is 14.4 Å². The summed E-state index contributed by atoms with van der Waals surface area (Å²) >= 11 is 0. The Morgan fingerprint density at radius 2 is 1.94 bits per heavy atom. The minimum Gasteiger partial charge on any atom is -0.481 e. The highest BCUT2D eigenvalue weighted by atomic mass is 19.2. The molecule has 1 saturated heterocycles. The van der Waals surface area contributed by atoms with Gasteiger partial charge in [0.25, 0.3) is 5.91 Å². The minimum absolute atomic E-state index is 0.229. The SMILES string of the molecule is CN(c1ncnc2[nH]ccc12)C1CCC2(CC1)CCN(C(=O)COc1ccc(C#N)c(F)c1F)CC2. The second-order valence-corrected chi connectivity index (χ2v) is 9.80. The molecule has 3 heterocycles. The summed E-state index contributed by atoms with van der Waals surface area (Å²) in [5.74, 6) is -2.18. The van der Waals surface area contributed by atoms with E-state index in [1.54, 1.807) is 17.3 Å². The van der Waals surface area contributed by atoms with Gasteiger partial charge < -0.3 is 19.5 Å². The summed E-state index contributed by atoms with van der Waals surface area (Å²) in [6.45, 7) is 0.889. The van der Waals surface area contributed by atoms with Gasteiger partial charge in [-0.15, -0.1) is 0 Å². The van der Waals surface area contributed by atoms with E-state index in [-0.39, 0.29) is 23.7 Å². The number of ether oxygens (including phenoxy) is 1. The molecule has 1 spiro atoms. The fourth-order valence-electron chi connectivity index (χ4n) is 5.61. The number of aromatic amines is 1. The number of halogens is 2. The number of amides is 1. The second-order valence-electron chi connectivity index (χ2n) is 9.80. The average molecular weight is 495 g/mol. The maximum absolute atomic E-state index is 14.0. The molecule has 1 aromatic carbocycles.